The average Bonchev–Trinajstić information content (AvgIpc) is 2.04. The number of hydrogen-bond acceptors (Lipinski definition) is 2. The Morgan fingerprint density at radius 3 is 2.91 bits per heavy atom. The molecule has 58 valence electrons. The lowest BCUT2D eigenvalue weighted by atomic mass is 10.2. The molecule has 0 saturated heterocycles. The van der Waals surface area contributed by atoms with Crippen LogP contribution in [0, 0.1) is 5.21 Å². The van der Waals surface area contributed by atoms with Crippen LogP contribution in [0.15, 0.2) is 37.1 Å². The summed E-state index contributed by atoms with van der Waals surface area (Å²) in [5.74, 6) is 0. The van der Waals surface area contributed by atoms with Crippen molar-refractivity contribution < 1.29 is 4.73 Å². The van der Waals surface area contributed by atoms with E-state index in [4.69, 9.17) is 5.73 Å². The summed E-state index contributed by atoms with van der Waals surface area (Å²) < 4.78 is 0.742. The number of nitrogens with zero attached hydrogens (tertiary/aromatic N) is 1. The van der Waals surface area contributed by atoms with Gasteiger partial charge in [-0.3, -0.25) is 0 Å². The van der Waals surface area contributed by atoms with E-state index in [9.17, 15) is 5.21 Å². The molecule has 1 heterocycles. The van der Waals surface area contributed by atoms with Gasteiger partial charge in [0.25, 0.3) is 0 Å². The largest absolute Gasteiger partial charge is 0.618 e. The molecule has 3 heteroatoms. The van der Waals surface area contributed by atoms with Crippen LogP contribution >= 0.6 is 0 Å². The standard InChI is InChI=1S/C8H10N2O/c1-2-7(9)8-5-3-4-6-10(8)11/h2-7H,1,9H2. The molecule has 0 saturated carbocycles. The van der Waals surface area contributed by atoms with Crippen molar-refractivity contribution >= 4 is 0 Å². The molecule has 3 nitrogen and oxygen atoms in total. The molecule has 2 N–H and O–H groups in total. The Balaban J connectivity index is 3.02. The predicted molar refractivity (Wildman–Crippen MR) is 42.5 cm³/mol. The van der Waals surface area contributed by atoms with E-state index < -0.39 is 0 Å². The highest BCUT2D eigenvalue weighted by molar-refractivity contribution is 5.07. The normalized spacial score (nSPS) is 12.5. The van der Waals surface area contributed by atoms with Crippen LogP contribution in [-0.4, -0.2) is 0 Å². The first-order valence-corrected chi connectivity index (χ1v) is 3.32. The van der Waals surface area contributed by atoms with Crippen LogP contribution in [0.5, 0.6) is 0 Å². The summed E-state index contributed by atoms with van der Waals surface area (Å²) in [6.07, 6.45) is 2.95. The van der Waals surface area contributed by atoms with Gasteiger partial charge >= 0.3 is 0 Å². The van der Waals surface area contributed by atoms with E-state index in [0.29, 0.717) is 5.69 Å². The lowest BCUT2D eigenvalue weighted by Gasteiger charge is -2.05. The van der Waals surface area contributed by atoms with Gasteiger partial charge in [-0.25, -0.2) is 0 Å². The monoisotopic (exact) mass is 150 g/mol. The van der Waals surface area contributed by atoms with Crippen LogP contribution in [0.1, 0.15) is 11.7 Å². The van der Waals surface area contributed by atoms with E-state index in [0.717, 1.165) is 4.73 Å². The minimum atomic E-state index is -0.381. The van der Waals surface area contributed by atoms with Gasteiger partial charge in [0, 0.05) is 12.1 Å². The smallest absolute Gasteiger partial charge is 0.213 e. The van der Waals surface area contributed by atoms with Gasteiger partial charge in [-0.05, 0) is 6.07 Å². The molecule has 1 rings (SSSR count). The molecular formula is C8H10N2O. The summed E-state index contributed by atoms with van der Waals surface area (Å²) >= 11 is 0. The number of hydrogen-bond donors (Lipinski definition) is 1. The summed E-state index contributed by atoms with van der Waals surface area (Å²) in [5.41, 5.74) is 6.07. The van der Waals surface area contributed by atoms with Gasteiger partial charge in [0.05, 0.1) is 0 Å². The maximum absolute atomic E-state index is 11.0. The zero-order valence-corrected chi connectivity index (χ0v) is 6.10. The third kappa shape index (κ3) is 1.56. The molecule has 0 radical (unpaired) electrons. The molecule has 11 heavy (non-hydrogen) atoms. The summed E-state index contributed by atoms with van der Waals surface area (Å²) in [5, 5.41) is 11.0. The molecule has 0 aliphatic rings. The van der Waals surface area contributed by atoms with Crippen LogP contribution < -0.4 is 10.5 Å². The van der Waals surface area contributed by atoms with Crippen molar-refractivity contribution in [1.82, 2.24) is 0 Å². The summed E-state index contributed by atoms with van der Waals surface area (Å²) in [6, 6.07) is 4.73. The highest BCUT2D eigenvalue weighted by Crippen LogP contribution is 2.03. The molecule has 0 aromatic carbocycles. The van der Waals surface area contributed by atoms with Crippen LogP contribution in [0.2, 0.25) is 0 Å². The van der Waals surface area contributed by atoms with Gasteiger partial charge in [0.15, 0.2) is 6.20 Å². The van der Waals surface area contributed by atoms with E-state index in [-0.39, 0.29) is 6.04 Å². The third-order valence-electron chi connectivity index (χ3n) is 1.45. The predicted octanol–water partition coefficient (Wildman–Crippen LogP) is 0.506. The molecule has 1 aromatic rings. The maximum Gasteiger partial charge on any atom is 0.213 e. The number of aromatic nitrogens is 1. The Bertz CT molecular complexity index is 260. The number of pyridine rings is 1. The molecule has 1 atom stereocenters. The summed E-state index contributed by atoms with van der Waals surface area (Å²) in [7, 11) is 0. The van der Waals surface area contributed by atoms with Crippen molar-refractivity contribution in [2.75, 3.05) is 0 Å². The second kappa shape index (κ2) is 3.16. The Labute approximate surface area is 65.4 Å². The molecule has 0 aliphatic carbocycles. The van der Waals surface area contributed by atoms with Crippen LogP contribution in [0.25, 0.3) is 0 Å². The lowest BCUT2D eigenvalue weighted by Crippen LogP contribution is -2.34. The van der Waals surface area contributed by atoms with Crippen molar-refractivity contribution in [3.63, 3.8) is 0 Å². The van der Waals surface area contributed by atoms with E-state index in [1.165, 1.54) is 12.3 Å². The molecule has 0 aliphatic heterocycles. The topological polar surface area (TPSA) is 53.0 Å². The van der Waals surface area contributed by atoms with Gasteiger partial charge in [-0.15, -0.1) is 6.58 Å². The van der Waals surface area contributed by atoms with Crippen LogP contribution in [-0.2, 0) is 0 Å². The molecule has 0 spiro atoms. The maximum atomic E-state index is 11.0. The summed E-state index contributed by atoms with van der Waals surface area (Å²) in [6.45, 7) is 3.50. The van der Waals surface area contributed by atoms with Crippen LogP contribution in [0.4, 0.5) is 0 Å². The highest BCUT2D eigenvalue weighted by atomic mass is 16.5. The average molecular weight is 150 g/mol. The number of rotatable bonds is 2. The molecule has 0 bridgehead atoms. The van der Waals surface area contributed by atoms with Crippen molar-refractivity contribution in [1.29, 1.82) is 0 Å². The zero-order valence-electron chi connectivity index (χ0n) is 6.10. The second-order valence-electron chi connectivity index (χ2n) is 2.21. The number of nitrogens with two attached hydrogens (primary N) is 1. The Kier molecular flexibility index (Phi) is 2.23. The van der Waals surface area contributed by atoms with Crippen molar-refractivity contribution in [3.05, 3.63) is 48.0 Å². The van der Waals surface area contributed by atoms with E-state index in [1.807, 2.05) is 0 Å². The first-order chi connectivity index (χ1) is 5.25. The van der Waals surface area contributed by atoms with Crippen molar-refractivity contribution in [2.24, 2.45) is 5.73 Å². The fraction of sp³-hybridized carbons (Fsp3) is 0.125. The highest BCUT2D eigenvalue weighted by Gasteiger charge is 2.09. The molecule has 0 amide bonds. The quantitative estimate of drug-likeness (QED) is 0.379. The van der Waals surface area contributed by atoms with Crippen LogP contribution in [0.3, 0.4) is 0 Å². The van der Waals surface area contributed by atoms with Gasteiger partial charge in [0.1, 0.15) is 6.04 Å². The lowest BCUT2D eigenvalue weighted by molar-refractivity contribution is -0.615. The van der Waals surface area contributed by atoms with E-state index >= 15 is 0 Å². The third-order valence-corrected chi connectivity index (χ3v) is 1.45. The molecule has 1 unspecified atom stereocenters. The Morgan fingerprint density at radius 1 is 1.64 bits per heavy atom. The fourth-order valence-electron chi connectivity index (χ4n) is 0.820. The van der Waals surface area contributed by atoms with Gasteiger partial charge < -0.3 is 10.9 Å². The molecule has 0 fully saturated rings. The Morgan fingerprint density at radius 2 is 2.36 bits per heavy atom. The first kappa shape index (κ1) is 7.75. The first-order valence-electron chi connectivity index (χ1n) is 3.32. The summed E-state index contributed by atoms with van der Waals surface area (Å²) in [4.78, 5) is 0. The van der Waals surface area contributed by atoms with E-state index in [2.05, 4.69) is 6.58 Å². The van der Waals surface area contributed by atoms with Gasteiger partial charge in [-0.1, -0.05) is 6.08 Å². The molecular weight excluding hydrogens is 140 g/mol. The van der Waals surface area contributed by atoms with Crippen molar-refractivity contribution in [2.45, 2.75) is 6.04 Å². The minimum absolute atomic E-state index is 0.381. The second-order valence-corrected chi connectivity index (χ2v) is 2.21. The van der Waals surface area contributed by atoms with Gasteiger partial charge in [-0.2, -0.15) is 4.73 Å². The SMILES string of the molecule is C=CC(N)c1cccc[n+]1[O-]. The van der Waals surface area contributed by atoms with Crippen molar-refractivity contribution in [3.8, 4) is 0 Å². The minimum Gasteiger partial charge on any atom is -0.618 e. The Hall–Kier alpha value is -1.35. The van der Waals surface area contributed by atoms with E-state index in [1.54, 1.807) is 18.2 Å². The molecule has 1 aromatic heterocycles. The fourth-order valence-corrected chi connectivity index (χ4v) is 0.820. The van der Waals surface area contributed by atoms with Gasteiger partial charge in [0.2, 0.25) is 5.69 Å². The zero-order chi connectivity index (χ0) is 8.27.